The highest BCUT2D eigenvalue weighted by Crippen LogP contribution is 1.91. The molecule has 16 heteroatoms. The van der Waals surface area contributed by atoms with Gasteiger partial charge in [0.2, 0.25) is 0 Å². The molecular formula is C31H89N13O3. The van der Waals surface area contributed by atoms with Gasteiger partial charge in [0.05, 0.1) is 6.61 Å². The maximum absolute atomic E-state index is 8.41. The third-order valence-electron chi connectivity index (χ3n) is 5.14. The number of aliphatic hydroxyl groups excluding tert-OH is 3. The second-order valence-corrected chi connectivity index (χ2v) is 9.87. The fraction of sp³-hybridized carbons (Fsp3) is 1.00. The molecule has 0 saturated heterocycles. The van der Waals surface area contributed by atoms with Crippen LogP contribution in [-0.4, -0.2) is 147 Å². The normalized spacial score (nSPS) is 9.32. The first-order valence-electron chi connectivity index (χ1n) is 17.7. The van der Waals surface area contributed by atoms with Crippen molar-refractivity contribution < 1.29 is 15.3 Å². The van der Waals surface area contributed by atoms with Gasteiger partial charge in [0, 0.05) is 59.0 Å². The van der Waals surface area contributed by atoms with Crippen LogP contribution in [0.25, 0.3) is 0 Å². The van der Waals surface area contributed by atoms with Gasteiger partial charge in [-0.3, -0.25) is 0 Å². The van der Waals surface area contributed by atoms with Crippen molar-refractivity contribution >= 4 is 0 Å². The first kappa shape index (κ1) is 61.6. The van der Waals surface area contributed by atoms with Gasteiger partial charge < -0.3 is 88.2 Å². The molecule has 0 aliphatic carbocycles. The van der Waals surface area contributed by atoms with Gasteiger partial charge in [0.25, 0.3) is 0 Å². The molecule has 0 bridgehead atoms. The molecule has 16 nitrogen and oxygen atoms in total. The first-order chi connectivity index (χ1) is 22.9. The molecule has 0 aromatic rings. The van der Waals surface area contributed by atoms with E-state index in [0.29, 0.717) is 32.8 Å². The lowest BCUT2D eigenvalue weighted by Crippen LogP contribution is -2.23. The van der Waals surface area contributed by atoms with Gasteiger partial charge in [-0.1, -0.05) is 6.42 Å². The summed E-state index contributed by atoms with van der Waals surface area (Å²) in [5.74, 6) is 0. The Kier molecular flexibility index (Phi) is 112. The molecule has 0 fully saturated rings. The summed E-state index contributed by atoms with van der Waals surface area (Å²) >= 11 is 0. The summed E-state index contributed by atoms with van der Waals surface area (Å²) in [6.07, 6.45) is 11.7. The van der Waals surface area contributed by atoms with E-state index < -0.39 is 0 Å². The molecule has 0 heterocycles. The van der Waals surface area contributed by atoms with Crippen molar-refractivity contribution in [2.24, 2.45) is 51.6 Å². The van der Waals surface area contributed by atoms with Crippen LogP contribution in [0.15, 0.2) is 0 Å². The smallest absolute Gasteiger partial charge is 0.0555 e. The second-order valence-electron chi connectivity index (χ2n) is 9.87. The predicted molar refractivity (Wildman–Crippen MR) is 207 cm³/mol. The number of unbranched alkanes of at least 4 members (excludes halogenated alkanes) is 6. The fourth-order valence-electron chi connectivity index (χ4n) is 2.51. The van der Waals surface area contributed by atoms with Gasteiger partial charge >= 0.3 is 0 Å². The van der Waals surface area contributed by atoms with Crippen LogP contribution in [-0.2, 0) is 0 Å². The van der Waals surface area contributed by atoms with Crippen LogP contribution in [0.3, 0.4) is 0 Å². The molecule has 0 amide bonds. The lowest BCUT2D eigenvalue weighted by molar-refractivity contribution is 0.279. The van der Waals surface area contributed by atoms with E-state index in [1.54, 1.807) is 0 Å². The maximum atomic E-state index is 8.41. The lowest BCUT2D eigenvalue weighted by atomic mass is 10.2. The quantitative estimate of drug-likeness (QED) is 0.0390. The van der Waals surface area contributed by atoms with Crippen molar-refractivity contribution in [2.75, 3.05) is 132 Å². The number of aliphatic hydroxyl groups is 3. The van der Waals surface area contributed by atoms with E-state index in [9.17, 15) is 0 Å². The first-order valence-corrected chi connectivity index (χ1v) is 17.7. The monoisotopic (exact) mass is 692 g/mol. The molecular weight excluding hydrogens is 602 g/mol. The molecule has 0 spiro atoms. The zero-order chi connectivity index (χ0) is 37.3. The fourth-order valence-corrected chi connectivity index (χ4v) is 2.51. The van der Waals surface area contributed by atoms with Crippen molar-refractivity contribution in [1.82, 2.24) is 21.3 Å². The van der Waals surface area contributed by atoms with Gasteiger partial charge in [-0.15, -0.1) is 0 Å². The van der Waals surface area contributed by atoms with Gasteiger partial charge in [0.1, 0.15) is 0 Å². The summed E-state index contributed by atoms with van der Waals surface area (Å²) in [7, 11) is 3.81. The van der Waals surface area contributed by atoms with Crippen LogP contribution in [0, 0.1) is 0 Å². The Bertz CT molecular complexity index is 336. The van der Waals surface area contributed by atoms with Gasteiger partial charge in [-0.2, -0.15) is 0 Å². The summed E-state index contributed by atoms with van der Waals surface area (Å²) in [6, 6.07) is 0. The average molecular weight is 692 g/mol. The molecule has 47 heavy (non-hydrogen) atoms. The second kappa shape index (κ2) is 85.2. The highest BCUT2D eigenvalue weighted by molar-refractivity contribution is 4.49. The molecule has 0 aliphatic rings. The lowest BCUT2D eigenvalue weighted by Gasteiger charge is -2.00. The number of likely N-dealkylation sites (N-methyl/N-ethyl adjacent to an activating group) is 1. The number of rotatable bonds is 26. The SMILES string of the molecule is CNCCCN.CNCCN.NCCCCCNCCN.NCCCCCO.NCCCN.NCCN.OCCCCCNCCO. The summed E-state index contributed by atoms with van der Waals surface area (Å²) in [4.78, 5) is 0. The molecule has 296 valence electrons. The number of nitrogens with one attached hydrogen (secondary N) is 4. The highest BCUT2D eigenvalue weighted by atomic mass is 16.3. The number of hydrogen-bond donors (Lipinski definition) is 16. The van der Waals surface area contributed by atoms with Crippen molar-refractivity contribution in [1.29, 1.82) is 0 Å². The Labute approximate surface area is 290 Å². The molecule has 0 rings (SSSR count). The van der Waals surface area contributed by atoms with Crippen molar-refractivity contribution in [3.05, 3.63) is 0 Å². The Hall–Kier alpha value is -0.640. The topological polar surface area (TPSA) is 343 Å². The molecule has 0 saturated carbocycles. The van der Waals surface area contributed by atoms with Crippen molar-refractivity contribution in [3.8, 4) is 0 Å². The van der Waals surface area contributed by atoms with Crippen LogP contribution in [0.1, 0.15) is 70.6 Å². The van der Waals surface area contributed by atoms with E-state index in [1.165, 1.54) is 12.8 Å². The van der Waals surface area contributed by atoms with Crippen LogP contribution >= 0.6 is 0 Å². The van der Waals surface area contributed by atoms with Crippen molar-refractivity contribution in [2.45, 2.75) is 70.6 Å². The zero-order valence-electron chi connectivity index (χ0n) is 31.0. The van der Waals surface area contributed by atoms with E-state index >= 15 is 0 Å². The highest BCUT2D eigenvalue weighted by Gasteiger charge is 1.87. The van der Waals surface area contributed by atoms with E-state index in [2.05, 4.69) is 21.3 Å². The maximum Gasteiger partial charge on any atom is 0.0555 e. The van der Waals surface area contributed by atoms with E-state index in [0.717, 1.165) is 136 Å². The van der Waals surface area contributed by atoms with E-state index in [-0.39, 0.29) is 6.61 Å². The molecule has 25 N–H and O–H groups in total. The van der Waals surface area contributed by atoms with E-state index in [4.69, 9.17) is 66.9 Å². The Morgan fingerprint density at radius 1 is 0.298 bits per heavy atom. The van der Waals surface area contributed by atoms with Gasteiger partial charge in [0.15, 0.2) is 0 Å². The predicted octanol–water partition coefficient (Wildman–Crippen LogP) is -3.58. The average Bonchev–Trinajstić information content (AvgIpc) is 3.09. The molecule has 0 atom stereocenters. The number of hydrogen-bond acceptors (Lipinski definition) is 16. The van der Waals surface area contributed by atoms with Crippen LogP contribution < -0.4 is 72.9 Å². The van der Waals surface area contributed by atoms with Crippen molar-refractivity contribution in [3.63, 3.8) is 0 Å². The minimum atomic E-state index is 0.208. The number of nitrogens with two attached hydrogens (primary N) is 9. The largest absolute Gasteiger partial charge is 0.396 e. The minimum absolute atomic E-state index is 0.208. The summed E-state index contributed by atoms with van der Waals surface area (Å²) < 4.78 is 0. The third-order valence-corrected chi connectivity index (χ3v) is 5.14. The van der Waals surface area contributed by atoms with Crippen LogP contribution in [0.5, 0.6) is 0 Å². The molecule has 0 aliphatic heterocycles. The third kappa shape index (κ3) is 133. The minimum Gasteiger partial charge on any atom is -0.396 e. The van der Waals surface area contributed by atoms with Crippen LogP contribution in [0.2, 0.25) is 0 Å². The van der Waals surface area contributed by atoms with Crippen LogP contribution in [0.4, 0.5) is 0 Å². The summed E-state index contributed by atoms with van der Waals surface area (Å²) in [6.45, 7) is 12.9. The zero-order valence-corrected chi connectivity index (χ0v) is 31.0. The summed E-state index contributed by atoms with van der Waals surface area (Å²) in [5.41, 5.74) is 46.0. The van der Waals surface area contributed by atoms with E-state index in [1.807, 2.05) is 14.1 Å². The Morgan fingerprint density at radius 2 is 0.681 bits per heavy atom. The molecule has 0 aromatic carbocycles. The Balaban J connectivity index is -0.0000000815. The summed E-state index contributed by atoms with van der Waals surface area (Å²) in [5, 5.41) is 37.2. The molecule has 0 aromatic heterocycles. The molecule has 0 unspecified atom stereocenters. The Morgan fingerprint density at radius 3 is 0.936 bits per heavy atom. The standard InChI is InChI=1S/C7H19N3.C7H17NO2.C5H13NO.C4H12N2.2C3H10N2.C2H8N2/c8-4-2-1-3-6-10-7-5-9;9-6-3-1-2-4-8-5-7-10;6-4-2-1-3-5-7;1-6-4-2-3-5;1-5-3-2-4;4-2-1-3-5;3-1-2-4/h10H,1-9H2;8-10H,1-7H2;7H,1-6H2;6H,2-5H2,1H3;5H,2-4H2,1H3;1-5H2;1-4H2. The van der Waals surface area contributed by atoms with Gasteiger partial charge in [-0.25, -0.2) is 0 Å². The van der Waals surface area contributed by atoms with Gasteiger partial charge in [-0.05, 0) is 131 Å². The molecule has 0 radical (unpaired) electrons.